The van der Waals surface area contributed by atoms with Crippen molar-refractivity contribution >= 4 is 5.91 Å². The predicted molar refractivity (Wildman–Crippen MR) is 72.7 cm³/mol. The van der Waals surface area contributed by atoms with Crippen LogP contribution in [0.25, 0.3) is 0 Å². The number of nitrogens with two attached hydrogens (primary N) is 1. The average molecular weight is 250 g/mol. The van der Waals surface area contributed by atoms with Gasteiger partial charge in [0.25, 0.3) is 0 Å². The molecule has 0 aromatic heterocycles. The largest absolute Gasteiger partial charge is 0.493 e. The highest BCUT2D eigenvalue weighted by molar-refractivity contribution is 5.79. The number of nitrogens with one attached hydrogen (secondary N) is 1. The van der Waals surface area contributed by atoms with Gasteiger partial charge in [0.2, 0.25) is 5.91 Å². The third kappa shape index (κ3) is 4.04. The van der Waals surface area contributed by atoms with E-state index in [1.807, 2.05) is 18.2 Å². The van der Waals surface area contributed by atoms with Crippen LogP contribution in [-0.4, -0.2) is 25.6 Å². The molecule has 0 saturated heterocycles. The lowest BCUT2D eigenvalue weighted by molar-refractivity contribution is -0.120. The van der Waals surface area contributed by atoms with Crippen molar-refractivity contribution in [3.63, 3.8) is 0 Å². The van der Waals surface area contributed by atoms with Gasteiger partial charge in [0.05, 0.1) is 12.6 Å². The van der Waals surface area contributed by atoms with Crippen molar-refractivity contribution in [1.82, 2.24) is 5.32 Å². The van der Waals surface area contributed by atoms with E-state index in [-0.39, 0.29) is 11.9 Å². The first kappa shape index (κ1) is 14.5. The molecule has 0 aliphatic heterocycles. The summed E-state index contributed by atoms with van der Waals surface area (Å²) in [5.74, 6) is 0.947. The zero-order valence-corrected chi connectivity index (χ0v) is 11.3. The molecular formula is C14H22N2O2. The Kier molecular flexibility index (Phi) is 5.65. The van der Waals surface area contributed by atoms with Crippen molar-refractivity contribution in [2.75, 3.05) is 13.7 Å². The zero-order chi connectivity index (χ0) is 13.5. The molecule has 1 rings (SSSR count). The third-order valence-electron chi connectivity index (χ3n) is 2.90. The fraction of sp³-hybridized carbons (Fsp3) is 0.500. The lowest BCUT2D eigenvalue weighted by atomic mass is 10.0. The summed E-state index contributed by atoms with van der Waals surface area (Å²) in [5.41, 5.74) is 6.43. The number of ether oxygens (including phenoxy) is 1. The number of rotatable bonds is 7. The van der Waals surface area contributed by atoms with E-state index in [9.17, 15) is 4.79 Å². The Morgan fingerprint density at radius 2 is 2.06 bits per heavy atom. The van der Waals surface area contributed by atoms with E-state index in [2.05, 4.69) is 25.2 Å². The molecule has 0 aliphatic carbocycles. The number of primary amides is 1. The molecule has 0 saturated carbocycles. The molecule has 1 amide bonds. The summed E-state index contributed by atoms with van der Waals surface area (Å²) in [7, 11) is 1.72. The van der Waals surface area contributed by atoms with Gasteiger partial charge in [-0.1, -0.05) is 32.0 Å². The standard InChI is InChI=1S/C14H22N2O2/c1-10(2)11-6-4-5-7-13(11)18-9-8-12(16-3)14(15)17/h4-7,10,12,16H,8-9H2,1-3H3,(H2,15,17). The van der Waals surface area contributed by atoms with E-state index in [0.717, 1.165) is 5.75 Å². The molecule has 1 atom stereocenters. The number of hydrogen-bond donors (Lipinski definition) is 2. The van der Waals surface area contributed by atoms with Crippen LogP contribution < -0.4 is 15.8 Å². The van der Waals surface area contributed by atoms with E-state index in [1.54, 1.807) is 7.05 Å². The Balaban J connectivity index is 2.56. The van der Waals surface area contributed by atoms with Crippen LogP contribution in [0.15, 0.2) is 24.3 Å². The summed E-state index contributed by atoms with van der Waals surface area (Å²) in [4.78, 5) is 11.1. The molecule has 1 aromatic rings. The van der Waals surface area contributed by atoms with Gasteiger partial charge >= 0.3 is 0 Å². The van der Waals surface area contributed by atoms with Crippen LogP contribution in [0.3, 0.4) is 0 Å². The highest BCUT2D eigenvalue weighted by Crippen LogP contribution is 2.25. The quantitative estimate of drug-likeness (QED) is 0.773. The van der Waals surface area contributed by atoms with Gasteiger partial charge < -0.3 is 15.8 Å². The molecule has 0 radical (unpaired) electrons. The van der Waals surface area contributed by atoms with Crippen LogP contribution in [0, 0.1) is 0 Å². The summed E-state index contributed by atoms with van der Waals surface area (Å²) in [6, 6.07) is 7.63. The van der Waals surface area contributed by atoms with E-state index in [4.69, 9.17) is 10.5 Å². The molecule has 0 spiro atoms. The van der Waals surface area contributed by atoms with Gasteiger partial charge in [-0.2, -0.15) is 0 Å². The summed E-state index contributed by atoms with van der Waals surface area (Å²) in [6.07, 6.45) is 0.568. The lowest BCUT2D eigenvalue weighted by Crippen LogP contribution is -2.40. The SMILES string of the molecule is CNC(CCOc1ccccc1C(C)C)C(N)=O. The van der Waals surface area contributed by atoms with Crippen LogP contribution in [0.4, 0.5) is 0 Å². The summed E-state index contributed by atoms with van der Waals surface area (Å²) in [6.45, 7) is 4.72. The van der Waals surface area contributed by atoms with Crippen molar-refractivity contribution in [3.8, 4) is 5.75 Å². The van der Waals surface area contributed by atoms with Crippen molar-refractivity contribution in [2.24, 2.45) is 5.73 Å². The highest BCUT2D eigenvalue weighted by atomic mass is 16.5. The summed E-state index contributed by atoms with van der Waals surface area (Å²) < 4.78 is 5.73. The second-order valence-corrected chi connectivity index (χ2v) is 4.57. The monoisotopic (exact) mass is 250 g/mol. The maximum atomic E-state index is 11.1. The Labute approximate surface area is 109 Å². The number of carbonyl (C=O) groups is 1. The van der Waals surface area contributed by atoms with Gasteiger partial charge in [0, 0.05) is 6.42 Å². The third-order valence-corrected chi connectivity index (χ3v) is 2.90. The second-order valence-electron chi connectivity index (χ2n) is 4.57. The van der Waals surface area contributed by atoms with E-state index in [1.165, 1.54) is 5.56 Å². The smallest absolute Gasteiger partial charge is 0.234 e. The van der Waals surface area contributed by atoms with Crippen LogP contribution >= 0.6 is 0 Å². The zero-order valence-electron chi connectivity index (χ0n) is 11.3. The maximum Gasteiger partial charge on any atom is 0.234 e. The number of benzene rings is 1. The predicted octanol–water partition coefficient (Wildman–Crippen LogP) is 1.65. The molecule has 0 heterocycles. The van der Waals surface area contributed by atoms with Crippen molar-refractivity contribution in [2.45, 2.75) is 32.2 Å². The van der Waals surface area contributed by atoms with Crippen molar-refractivity contribution in [1.29, 1.82) is 0 Å². The Hall–Kier alpha value is -1.55. The number of hydrogen-bond acceptors (Lipinski definition) is 3. The molecule has 18 heavy (non-hydrogen) atoms. The number of carbonyl (C=O) groups excluding carboxylic acids is 1. The summed E-state index contributed by atoms with van der Waals surface area (Å²) in [5, 5.41) is 2.87. The molecule has 100 valence electrons. The average Bonchev–Trinajstić information content (AvgIpc) is 2.34. The fourth-order valence-corrected chi connectivity index (χ4v) is 1.80. The van der Waals surface area contributed by atoms with Gasteiger partial charge in [0.1, 0.15) is 5.75 Å². The Bertz CT molecular complexity index is 391. The minimum Gasteiger partial charge on any atom is -0.493 e. The number of amides is 1. The normalized spacial score (nSPS) is 12.4. The number of para-hydroxylation sites is 1. The Morgan fingerprint density at radius 3 is 2.61 bits per heavy atom. The van der Waals surface area contributed by atoms with Crippen LogP contribution in [0.1, 0.15) is 31.7 Å². The number of likely N-dealkylation sites (N-methyl/N-ethyl adjacent to an activating group) is 1. The molecule has 0 fully saturated rings. The molecule has 4 heteroatoms. The molecule has 4 nitrogen and oxygen atoms in total. The van der Waals surface area contributed by atoms with Crippen molar-refractivity contribution < 1.29 is 9.53 Å². The maximum absolute atomic E-state index is 11.1. The first-order valence-corrected chi connectivity index (χ1v) is 6.24. The van der Waals surface area contributed by atoms with Gasteiger partial charge in [0.15, 0.2) is 0 Å². The van der Waals surface area contributed by atoms with Gasteiger partial charge in [-0.15, -0.1) is 0 Å². The van der Waals surface area contributed by atoms with Crippen LogP contribution in [-0.2, 0) is 4.79 Å². The molecular weight excluding hydrogens is 228 g/mol. The van der Waals surface area contributed by atoms with E-state index >= 15 is 0 Å². The molecule has 1 aromatic carbocycles. The van der Waals surface area contributed by atoms with Gasteiger partial charge in [-0.3, -0.25) is 4.79 Å². The first-order valence-electron chi connectivity index (χ1n) is 6.24. The van der Waals surface area contributed by atoms with Gasteiger partial charge in [-0.25, -0.2) is 0 Å². The minimum absolute atomic E-state index is 0.337. The highest BCUT2D eigenvalue weighted by Gasteiger charge is 2.13. The van der Waals surface area contributed by atoms with Crippen LogP contribution in [0.2, 0.25) is 0 Å². The minimum atomic E-state index is -0.349. The molecule has 0 aliphatic rings. The summed E-state index contributed by atoms with van der Waals surface area (Å²) >= 11 is 0. The fourth-order valence-electron chi connectivity index (χ4n) is 1.80. The van der Waals surface area contributed by atoms with E-state index < -0.39 is 0 Å². The van der Waals surface area contributed by atoms with Crippen molar-refractivity contribution in [3.05, 3.63) is 29.8 Å². The molecule has 1 unspecified atom stereocenters. The molecule has 3 N–H and O–H groups in total. The second kappa shape index (κ2) is 7.01. The van der Waals surface area contributed by atoms with E-state index in [0.29, 0.717) is 18.9 Å². The molecule has 0 bridgehead atoms. The Morgan fingerprint density at radius 1 is 1.39 bits per heavy atom. The lowest BCUT2D eigenvalue weighted by Gasteiger charge is -2.16. The first-order chi connectivity index (χ1) is 8.56. The van der Waals surface area contributed by atoms with Crippen LogP contribution in [0.5, 0.6) is 5.75 Å². The topological polar surface area (TPSA) is 64.3 Å². The van der Waals surface area contributed by atoms with Gasteiger partial charge in [-0.05, 0) is 24.6 Å².